The Kier molecular flexibility index (Phi) is 3.47. The smallest absolute Gasteiger partial charge is 0.383 e. The molecule has 0 amide bonds. The second-order valence-electron chi connectivity index (χ2n) is 3.05. The number of aliphatic hydroxyl groups is 1. The SMILES string of the molecule is O=C(CC(O)C(F)(F)F)c1ccccc1. The van der Waals surface area contributed by atoms with Gasteiger partial charge in [0, 0.05) is 12.0 Å². The lowest BCUT2D eigenvalue weighted by atomic mass is 10.1. The van der Waals surface area contributed by atoms with E-state index in [2.05, 4.69) is 0 Å². The predicted molar refractivity (Wildman–Crippen MR) is 47.5 cm³/mol. The van der Waals surface area contributed by atoms with Crippen LogP contribution in [-0.2, 0) is 0 Å². The third-order valence-electron chi connectivity index (χ3n) is 1.85. The van der Waals surface area contributed by atoms with Gasteiger partial charge >= 0.3 is 6.18 Å². The Labute approximate surface area is 84.3 Å². The van der Waals surface area contributed by atoms with Crippen molar-refractivity contribution < 1.29 is 23.1 Å². The second kappa shape index (κ2) is 4.44. The van der Waals surface area contributed by atoms with Crippen molar-refractivity contribution in [2.45, 2.75) is 18.7 Å². The molecule has 0 aliphatic rings. The summed E-state index contributed by atoms with van der Waals surface area (Å²) in [7, 11) is 0. The van der Waals surface area contributed by atoms with E-state index in [4.69, 9.17) is 5.11 Å². The fraction of sp³-hybridized carbons (Fsp3) is 0.300. The van der Waals surface area contributed by atoms with Crippen LogP contribution in [0.5, 0.6) is 0 Å². The molecule has 0 aliphatic carbocycles. The third-order valence-corrected chi connectivity index (χ3v) is 1.85. The van der Waals surface area contributed by atoms with Crippen molar-refractivity contribution in [1.29, 1.82) is 0 Å². The average Bonchev–Trinajstić information content (AvgIpc) is 2.17. The Bertz CT molecular complexity index is 332. The van der Waals surface area contributed by atoms with Gasteiger partial charge in [-0.15, -0.1) is 0 Å². The molecule has 1 aromatic rings. The van der Waals surface area contributed by atoms with Crippen molar-refractivity contribution in [2.75, 3.05) is 0 Å². The lowest BCUT2D eigenvalue weighted by Crippen LogP contribution is -2.30. The number of ketones is 1. The van der Waals surface area contributed by atoms with Crippen molar-refractivity contribution in [3.63, 3.8) is 0 Å². The van der Waals surface area contributed by atoms with Gasteiger partial charge in [0.05, 0.1) is 0 Å². The van der Waals surface area contributed by atoms with Crippen LogP contribution in [0.2, 0.25) is 0 Å². The third kappa shape index (κ3) is 3.36. The molecule has 1 aromatic carbocycles. The highest BCUT2D eigenvalue weighted by molar-refractivity contribution is 5.96. The number of carbonyl (C=O) groups excluding carboxylic acids is 1. The summed E-state index contributed by atoms with van der Waals surface area (Å²) in [4.78, 5) is 11.2. The van der Waals surface area contributed by atoms with Crippen LogP contribution < -0.4 is 0 Å². The van der Waals surface area contributed by atoms with E-state index >= 15 is 0 Å². The average molecular weight is 218 g/mol. The molecular formula is C10H9F3O2. The molecule has 0 heterocycles. The number of carbonyl (C=O) groups is 1. The molecule has 0 saturated heterocycles. The van der Waals surface area contributed by atoms with Gasteiger partial charge in [0.25, 0.3) is 0 Å². The Morgan fingerprint density at radius 2 is 1.80 bits per heavy atom. The van der Waals surface area contributed by atoms with E-state index in [9.17, 15) is 18.0 Å². The molecule has 0 bridgehead atoms. The van der Waals surface area contributed by atoms with Crippen molar-refractivity contribution in [1.82, 2.24) is 0 Å². The number of benzene rings is 1. The van der Waals surface area contributed by atoms with Crippen molar-refractivity contribution >= 4 is 5.78 Å². The summed E-state index contributed by atoms with van der Waals surface area (Å²) in [6.45, 7) is 0. The van der Waals surface area contributed by atoms with E-state index in [0.717, 1.165) is 0 Å². The monoisotopic (exact) mass is 218 g/mol. The van der Waals surface area contributed by atoms with Crippen molar-refractivity contribution in [2.24, 2.45) is 0 Å². The summed E-state index contributed by atoms with van der Waals surface area (Å²) in [5.41, 5.74) is 0.167. The standard InChI is InChI=1S/C10H9F3O2/c11-10(12,13)9(15)6-8(14)7-4-2-1-3-5-7/h1-5,9,15H,6H2. The summed E-state index contributed by atoms with van der Waals surface area (Å²) >= 11 is 0. The van der Waals surface area contributed by atoms with Crippen LogP contribution in [0.4, 0.5) is 13.2 Å². The maximum absolute atomic E-state index is 11.9. The molecule has 0 spiro atoms. The van der Waals surface area contributed by atoms with Gasteiger partial charge in [-0.3, -0.25) is 4.79 Å². The molecule has 0 aliphatic heterocycles. The second-order valence-corrected chi connectivity index (χ2v) is 3.05. The van der Waals surface area contributed by atoms with E-state index in [1.165, 1.54) is 12.1 Å². The van der Waals surface area contributed by atoms with Crippen LogP contribution in [0.1, 0.15) is 16.8 Å². The number of halogens is 3. The first-order valence-corrected chi connectivity index (χ1v) is 4.24. The quantitative estimate of drug-likeness (QED) is 0.789. The zero-order valence-electron chi connectivity index (χ0n) is 7.66. The number of alkyl halides is 3. The summed E-state index contributed by atoms with van der Waals surface area (Å²) in [6.07, 6.45) is -8.27. The minimum atomic E-state index is -4.75. The molecule has 15 heavy (non-hydrogen) atoms. The first-order valence-electron chi connectivity index (χ1n) is 4.24. The first-order chi connectivity index (χ1) is 6.91. The van der Waals surface area contributed by atoms with Crippen LogP contribution in [0.15, 0.2) is 30.3 Å². The van der Waals surface area contributed by atoms with Gasteiger partial charge in [0.15, 0.2) is 11.9 Å². The zero-order chi connectivity index (χ0) is 11.5. The van der Waals surface area contributed by atoms with Gasteiger partial charge in [0.2, 0.25) is 0 Å². The van der Waals surface area contributed by atoms with E-state index in [0.29, 0.717) is 0 Å². The molecule has 1 unspecified atom stereocenters. The van der Waals surface area contributed by atoms with Crippen LogP contribution >= 0.6 is 0 Å². The van der Waals surface area contributed by atoms with Crippen LogP contribution in [0, 0.1) is 0 Å². The molecule has 1 N–H and O–H groups in total. The van der Waals surface area contributed by atoms with Crippen LogP contribution in [0.3, 0.4) is 0 Å². The number of rotatable bonds is 3. The van der Waals surface area contributed by atoms with Gasteiger partial charge in [-0.1, -0.05) is 30.3 Å². The molecule has 0 saturated carbocycles. The number of Topliss-reactive ketones (excluding diaryl/α,β-unsaturated/α-hetero) is 1. The van der Waals surface area contributed by atoms with Gasteiger partial charge in [-0.25, -0.2) is 0 Å². The Hall–Kier alpha value is -1.36. The van der Waals surface area contributed by atoms with Crippen LogP contribution in [-0.4, -0.2) is 23.2 Å². The Morgan fingerprint density at radius 3 is 2.27 bits per heavy atom. The topological polar surface area (TPSA) is 37.3 Å². The molecule has 1 atom stereocenters. The molecule has 2 nitrogen and oxygen atoms in total. The number of hydrogen-bond donors (Lipinski definition) is 1. The largest absolute Gasteiger partial charge is 0.414 e. The highest BCUT2D eigenvalue weighted by Crippen LogP contribution is 2.23. The summed E-state index contributed by atoms with van der Waals surface area (Å²) in [6, 6.07) is 7.56. The minimum absolute atomic E-state index is 0.167. The van der Waals surface area contributed by atoms with Gasteiger partial charge in [-0.2, -0.15) is 13.2 Å². The van der Waals surface area contributed by atoms with Gasteiger partial charge in [0.1, 0.15) is 0 Å². The maximum atomic E-state index is 11.9. The Morgan fingerprint density at radius 1 is 1.27 bits per heavy atom. The lowest BCUT2D eigenvalue weighted by molar-refractivity contribution is -0.202. The van der Waals surface area contributed by atoms with E-state index < -0.39 is 24.5 Å². The summed E-state index contributed by atoms with van der Waals surface area (Å²) in [5.74, 6) is -0.722. The first kappa shape index (κ1) is 11.7. The highest BCUT2D eigenvalue weighted by Gasteiger charge is 2.39. The normalized spacial score (nSPS) is 13.6. The van der Waals surface area contributed by atoms with E-state index in [1.807, 2.05) is 0 Å². The van der Waals surface area contributed by atoms with E-state index in [-0.39, 0.29) is 5.56 Å². The zero-order valence-corrected chi connectivity index (χ0v) is 7.66. The summed E-state index contributed by atoms with van der Waals surface area (Å²) < 4.78 is 35.8. The molecule has 0 fully saturated rings. The fourth-order valence-electron chi connectivity index (χ4n) is 1.03. The van der Waals surface area contributed by atoms with Gasteiger partial charge < -0.3 is 5.11 Å². The molecule has 82 valence electrons. The predicted octanol–water partition coefficient (Wildman–Crippen LogP) is 2.18. The maximum Gasteiger partial charge on any atom is 0.414 e. The molecule has 1 rings (SSSR count). The van der Waals surface area contributed by atoms with Crippen LogP contribution in [0.25, 0.3) is 0 Å². The fourth-order valence-corrected chi connectivity index (χ4v) is 1.03. The number of hydrogen-bond acceptors (Lipinski definition) is 2. The van der Waals surface area contributed by atoms with Gasteiger partial charge in [-0.05, 0) is 0 Å². The van der Waals surface area contributed by atoms with Crippen molar-refractivity contribution in [3.05, 3.63) is 35.9 Å². The van der Waals surface area contributed by atoms with Crippen molar-refractivity contribution in [3.8, 4) is 0 Å². The molecule has 5 heteroatoms. The molecular weight excluding hydrogens is 209 g/mol. The highest BCUT2D eigenvalue weighted by atomic mass is 19.4. The minimum Gasteiger partial charge on any atom is -0.383 e. The molecule has 0 aromatic heterocycles. The molecule has 0 radical (unpaired) electrons. The van der Waals surface area contributed by atoms with E-state index in [1.54, 1.807) is 18.2 Å². The summed E-state index contributed by atoms with van der Waals surface area (Å²) in [5, 5.41) is 8.67. The lowest BCUT2D eigenvalue weighted by Gasteiger charge is -2.13. The number of aliphatic hydroxyl groups excluding tert-OH is 1. The Balaban J connectivity index is 2.65.